The molecule has 0 bridgehead atoms. The molecule has 0 amide bonds. The fraction of sp³-hybridized carbons (Fsp3) is 0.565. The van der Waals surface area contributed by atoms with Gasteiger partial charge in [-0.15, -0.1) is 5.48 Å². The highest BCUT2D eigenvalue weighted by molar-refractivity contribution is 5.39. The number of piperidine rings is 1. The number of halogens is 1. The third-order valence-electron chi connectivity index (χ3n) is 7.04. The second-order valence-corrected chi connectivity index (χ2v) is 8.96. The van der Waals surface area contributed by atoms with Crippen LogP contribution in [-0.4, -0.2) is 39.2 Å². The van der Waals surface area contributed by atoms with Crippen LogP contribution in [0.1, 0.15) is 60.5 Å². The van der Waals surface area contributed by atoms with Gasteiger partial charge in [-0.2, -0.15) is 0 Å². The molecule has 1 aromatic carbocycles. The Balaban J connectivity index is 1.20. The molecule has 2 atom stereocenters. The molecule has 0 spiro atoms. The zero-order valence-electron chi connectivity index (χ0n) is 17.8. The third kappa shape index (κ3) is 3.88. The maximum absolute atomic E-state index is 13.4. The van der Waals surface area contributed by atoms with Crippen LogP contribution in [0, 0.1) is 18.7 Å². The van der Waals surface area contributed by atoms with E-state index < -0.39 is 6.10 Å². The SMILES string of the molecule is Cc1nc2n(c(=O)c1CCN1CCC(C3NOc4cc(F)ccc43)CC1)CCCC2O. The lowest BCUT2D eigenvalue weighted by atomic mass is 9.86. The maximum Gasteiger partial charge on any atom is 0.257 e. The summed E-state index contributed by atoms with van der Waals surface area (Å²) < 4.78 is 15.1. The minimum atomic E-state index is -0.636. The van der Waals surface area contributed by atoms with Gasteiger partial charge in [-0.1, -0.05) is 6.07 Å². The van der Waals surface area contributed by atoms with Crippen molar-refractivity contribution in [3.8, 4) is 5.75 Å². The van der Waals surface area contributed by atoms with Crippen LogP contribution in [0.4, 0.5) is 4.39 Å². The van der Waals surface area contributed by atoms with E-state index >= 15 is 0 Å². The molecule has 2 N–H and O–H groups in total. The molecular weight excluding hydrogens is 399 g/mol. The molecule has 0 aliphatic carbocycles. The highest BCUT2D eigenvalue weighted by Gasteiger charge is 2.34. The first-order valence-electron chi connectivity index (χ1n) is 11.2. The Labute approximate surface area is 180 Å². The second kappa shape index (κ2) is 8.33. The molecule has 0 saturated carbocycles. The summed E-state index contributed by atoms with van der Waals surface area (Å²) in [6.45, 7) is 5.24. The van der Waals surface area contributed by atoms with Crippen LogP contribution in [0.2, 0.25) is 0 Å². The monoisotopic (exact) mass is 428 g/mol. The van der Waals surface area contributed by atoms with Gasteiger partial charge in [-0.25, -0.2) is 9.37 Å². The number of aromatic nitrogens is 2. The first-order chi connectivity index (χ1) is 15.0. The van der Waals surface area contributed by atoms with Crippen LogP contribution in [0.25, 0.3) is 0 Å². The molecule has 2 unspecified atom stereocenters. The number of aliphatic hydroxyl groups excluding tert-OH is 1. The number of nitrogens with zero attached hydrogens (tertiary/aromatic N) is 3. The Morgan fingerprint density at radius 3 is 2.87 bits per heavy atom. The molecule has 3 aliphatic rings. The number of rotatable bonds is 4. The van der Waals surface area contributed by atoms with Crippen molar-refractivity contribution in [2.75, 3.05) is 19.6 Å². The number of hydrogen-bond acceptors (Lipinski definition) is 6. The largest absolute Gasteiger partial charge is 0.408 e. The van der Waals surface area contributed by atoms with Crippen molar-refractivity contribution in [3.63, 3.8) is 0 Å². The summed E-state index contributed by atoms with van der Waals surface area (Å²) in [4.78, 5) is 25.4. The van der Waals surface area contributed by atoms with Gasteiger partial charge < -0.3 is 14.8 Å². The molecule has 7 nitrogen and oxygen atoms in total. The number of hydroxylamine groups is 1. The normalized spacial score (nSPS) is 24.0. The number of fused-ring (bicyclic) bond motifs is 2. The summed E-state index contributed by atoms with van der Waals surface area (Å²) >= 11 is 0. The summed E-state index contributed by atoms with van der Waals surface area (Å²) in [5.74, 6) is 1.26. The van der Waals surface area contributed by atoms with Gasteiger partial charge in [0.05, 0.1) is 6.04 Å². The fourth-order valence-electron chi connectivity index (χ4n) is 5.23. The van der Waals surface area contributed by atoms with Crippen molar-refractivity contribution >= 4 is 0 Å². The van der Waals surface area contributed by atoms with Crippen LogP contribution < -0.4 is 15.9 Å². The Kier molecular flexibility index (Phi) is 5.54. The Hall–Kier alpha value is -2.29. The van der Waals surface area contributed by atoms with Gasteiger partial charge >= 0.3 is 0 Å². The number of aryl methyl sites for hydroxylation is 1. The highest BCUT2D eigenvalue weighted by Crippen LogP contribution is 2.39. The molecule has 4 heterocycles. The van der Waals surface area contributed by atoms with Crippen molar-refractivity contribution in [1.29, 1.82) is 0 Å². The summed E-state index contributed by atoms with van der Waals surface area (Å²) in [5.41, 5.74) is 5.63. The average molecular weight is 429 g/mol. The van der Waals surface area contributed by atoms with Crippen molar-refractivity contribution in [2.24, 2.45) is 5.92 Å². The van der Waals surface area contributed by atoms with Crippen LogP contribution in [0.3, 0.4) is 0 Å². The summed E-state index contributed by atoms with van der Waals surface area (Å²) in [5, 5.41) is 10.2. The highest BCUT2D eigenvalue weighted by atomic mass is 19.1. The molecule has 0 radical (unpaired) electrons. The minimum absolute atomic E-state index is 0.00674. The van der Waals surface area contributed by atoms with E-state index in [-0.39, 0.29) is 17.4 Å². The van der Waals surface area contributed by atoms with Crippen LogP contribution in [0.5, 0.6) is 5.75 Å². The predicted octanol–water partition coefficient (Wildman–Crippen LogP) is 2.41. The van der Waals surface area contributed by atoms with E-state index in [4.69, 9.17) is 4.84 Å². The summed E-state index contributed by atoms with van der Waals surface area (Å²) in [6.07, 6.45) is 3.55. The van der Waals surface area contributed by atoms with Gasteiger partial charge in [0.25, 0.3) is 5.56 Å². The Morgan fingerprint density at radius 1 is 1.26 bits per heavy atom. The number of likely N-dealkylation sites (tertiary alicyclic amines) is 1. The zero-order valence-corrected chi connectivity index (χ0v) is 17.8. The quantitative estimate of drug-likeness (QED) is 0.779. The zero-order chi connectivity index (χ0) is 21.5. The van der Waals surface area contributed by atoms with Crippen LogP contribution >= 0.6 is 0 Å². The van der Waals surface area contributed by atoms with Gasteiger partial charge in [0, 0.05) is 36.0 Å². The van der Waals surface area contributed by atoms with Gasteiger partial charge in [-0.3, -0.25) is 9.36 Å². The van der Waals surface area contributed by atoms with E-state index in [9.17, 15) is 14.3 Å². The topological polar surface area (TPSA) is 79.6 Å². The van der Waals surface area contributed by atoms with Crippen molar-refractivity contribution in [1.82, 2.24) is 19.9 Å². The Bertz CT molecular complexity index is 1030. The smallest absolute Gasteiger partial charge is 0.257 e. The standard InChI is InChI=1S/C23H29FN4O3/c1-14-17(23(30)28-9-2-3-19(29)22(28)25-14)8-12-27-10-6-15(7-11-27)21-18-5-4-16(24)13-20(18)31-26-21/h4-5,13,15,19,21,26,29H,2-3,6-12H2,1H3. The van der Waals surface area contributed by atoms with E-state index in [1.165, 1.54) is 12.1 Å². The molecule has 31 heavy (non-hydrogen) atoms. The van der Waals surface area contributed by atoms with Crippen LogP contribution in [0.15, 0.2) is 23.0 Å². The predicted molar refractivity (Wildman–Crippen MR) is 113 cm³/mol. The number of benzene rings is 1. The first kappa shape index (κ1) is 20.6. The van der Waals surface area contributed by atoms with E-state index in [1.54, 1.807) is 4.57 Å². The van der Waals surface area contributed by atoms with Crippen LogP contribution in [-0.2, 0) is 13.0 Å². The number of aliphatic hydroxyl groups is 1. The lowest BCUT2D eigenvalue weighted by molar-refractivity contribution is 0.112. The summed E-state index contributed by atoms with van der Waals surface area (Å²) in [6, 6.07) is 4.84. The lowest BCUT2D eigenvalue weighted by Crippen LogP contribution is -2.40. The molecule has 3 aliphatic heterocycles. The minimum Gasteiger partial charge on any atom is -0.408 e. The van der Waals surface area contributed by atoms with E-state index in [2.05, 4.69) is 15.4 Å². The van der Waals surface area contributed by atoms with Gasteiger partial charge in [0.15, 0.2) is 5.75 Å². The number of nitrogens with one attached hydrogen (secondary N) is 1. The number of hydrogen-bond donors (Lipinski definition) is 2. The molecule has 5 rings (SSSR count). The molecule has 8 heteroatoms. The van der Waals surface area contributed by atoms with Crippen molar-refractivity contribution in [2.45, 2.75) is 57.7 Å². The first-order valence-corrected chi connectivity index (χ1v) is 11.2. The third-order valence-corrected chi connectivity index (χ3v) is 7.04. The summed E-state index contributed by atoms with van der Waals surface area (Å²) in [7, 11) is 0. The molecule has 1 saturated heterocycles. The molecule has 1 aromatic heterocycles. The van der Waals surface area contributed by atoms with E-state index in [0.29, 0.717) is 36.9 Å². The average Bonchev–Trinajstić information content (AvgIpc) is 3.18. The van der Waals surface area contributed by atoms with Crippen molar-refractivity contribution < 1.29 is 14.3 Å². The maximum atomic E-state index is 13.4. The molecular formula is C23H29FN4O3. The molecule has 166 valence electrons. The molecule has 2 aromatic rings. The molecule has 1 fully saturated rings. The van der Waals surface area contributed by atoms with Crippen molar-refractivity contribution in [3.05, 3.63) is 57.0 Å². The van der Waals surface area contributed by atoms with E-state index in [1.807, 2.05) is 13.0 Å². The van der Waals surface area contributed by atoms with Gasteiger partial charge in [0.1, 0.15) is 17.7 Å². The Morgan fingerprint density at radius 2 is 2.06 bits per heavy atom. The second-order valence-electron chi connectivity index (χ2n) is 8.96. The van der Waals surface area contributed by atoms with E-state index in [0.717, 1.165) is 55.7 Å². The van der Waals surface area contributed by atoms with Gasteiger partial charge in [-0.05, 0) is 64.1 Å². The fourth-order valence-corrected chi connectivity index (χ4v) is 5.23. The van der Waals surface area contributed by atoms with Gasteiger partial charge in [0.2, 0.25) is 0 Å². The lowest BCUT2D eigenvalue weighted by Gasteiger charge is -2.34.